The Morgan fingerprint density at radius 1 is 0.958 bits per heavy atom. The highest BCUT2D eigenvalue weighted by Crippen LogP contribution is 2.22. The van der Waals surface area contributed by atoms with E-state index in [2.05, 4.69) is 20.6 Å². The van der Waals surface area contributed by atoms with Gasteiger partial charge in [-0.25, -0.2) is 9.78 Å². The fourth-order valence-electron chi connectivity index (χ4n) is 2.42. The van der Waals surface area contributed by atoms with Gasteiger partial charge in [-0.05, 0) is 24.3 Å². The lowest BCUT2D eigenvalue weighted by molar-refractivity contribution is 0.262. The highest BCUT2D eigenvalue weighted by Gasteiger charge is 2.07. The number of oxazole rings is 1. The van der Waals surface area contributed by atoms with Gasteiger partial charge in [0.1, 0.15) is 5.52 Å². The summed E-state index contributed by atoms with van der Waals surface area (Å²) in [6, 6.07) is 14.4. The van der Waals surface area contributed by atoms with E-state index in [9.17, 15) is 4.79 Å². The summed E-state index contributed by atoms with van der Waals surface area (Å²) in [5.74, 6) is 0. The van der Waals surface area contributed by atoms with Crippen LogP contribution >= 0.6 is 12.4 Å². The number of nitrogens with one attached hydrogen (secondary N) is 2. The van der Waals surface area contributed by atoms with Gasteiger partial charge in [0.05, 0.1) is 11.2 Å². The standard InChI is InChI=1S/C17H12N4O2.ClH/c22-17(20-11-5-6-15-16(9-11)23-10-19-15)21-14-7-8-18-13-4-2-1-3-12(13)14;/h1-10H,(H2,18,20,21,22);1H. The molecule has 0 saturated heterocycles. The maximum atomic E-state index is 12.2. The first-order chi connectivity index (χ1) is 11.3. The molecule has 0 atom stereocenters. The van der Waals surface area contributed by atoms with Gasteiger partial charge in [0.15, 0.2) is 12.0 Å². The number of fused-ring (bicyclic) bond motifs is 2. The molecule has 0 radical (unpaired) electrons. The highest BCUT2D eigenvalue weighted by atomic mass is 35.5. The average molecular weight is 341 g/mol. The van der Waals surface area contributed by atoms with Crippen LogP contribution in [0.1, 0.15) is 0 Å². The Morgan fingerprint density at radius 3 is 2.75 bits per heavy atom. The number of aromatic nitrogens is 2. The SMILES string of the molecule is Cl.O=C(Nc1ccc2ncoc2c1)Nc1ccnc2ccccc12. The third-order valence-corrected chi connectivity index (χ3v) is 3.49. The lowest BCUT2D eigenvalue weighted by Gasteiger charge is -2.09. The van der Waals surface area contributed by atoms with E-state index in [4.69, 9.17) is 4.42 Å². The van der Waals surface area contributed by atoms with Crippen LogP contribution in [0.25, 0.3) is 22.0 Å². The Bertz CT molecular complexity index is 1010. The van der Waals surface area contributed by atoms with E-state index in [0.29, 0.717) is 17.0 Å². The van der Waals surface area contributed by atoms with Gasteiger partial charge in [0.25, 0.3) is 0 Å². The zero-order valence-corrected chi connectivity index (χ0v) is 13.2. The molecule has 0 spiro atoms. The van der Waals surface area contributed by atoms with Crippen molar-refractivity contribution in [3.05, 3.63) is 61.1 Å². The molecule has 4 aromatic rings. The fraction of sp³-hybridized carbons (Fsp3) is 0. The van der Waals surface area contributed by atoms with Crippen LogP contribution in [0, 0.1) is 0 Å². The van der Waals surface area contributed by atoms with Gasteiger partial charge < -0.3 is 15.1 Å². The molecule has 2 aromatic carbocycles. The molecule has 6 nitrogen and oxygen atoms in total. The number of pyridine rings is 1. The van der Waals surface area contributed by atoms with Crippen molar-refractivity contribution in [1.29, 1.82) is 0 Å². The summed E-state index contributed by atoms with van der Waals surface area (Å²) in [6.45, 7) is 0. The Labute approximate surface area is 143 Å². The zero-order chi connectivity index (χ0) is 15.6. The van der Waals surface area contributed by atoms with Crippen molar-refractivity contribution in [2.75, 3.05) is 10.6 Å². The van der Waals surface area contributed by atoms with Crippen LogP contribution < -0.4 is 10.6 Å². The highest BCUT2D eigenvalue weighted by molar-refractivity contribution is 6.05. The lowest BCUT2D eigenvalue weighted by Crippen LogP contribution is -2.19. The topological polar surface area (TPSA) is 80.0 Å². The van der Waals surface area contributed by atoms with Gasteiger partial charge in [-0.15, -0.1) is 12.4 Å². The molecule has 2 N–H and O–H groups in total. The summed E-state index contributed by atoms with van der Waals surface area (Å²) in [5.41, 5.74) is 3.53. The number of halogens is 1. The van der Waals surface area contributed by atoms with Crippen molar-refractivity contribution < 1.29 is 9.21 Å². The van der Waals surface area contributed by atoms with Gasteiger partial charge >= 0.3 is 6.03 Å². The summed E-state index contributed by atoms with van der Waals surface area (Å²) in [6.07, 6.45) is 3.04. The molecule has 0 bridgehead atoms. The van der Waals surface area contributed by atoms with Gasteiger partial charge in [-0.3, -0.25) is 4.98 Å². The van der Waals surface area contributed by atoms with E-state index in [1.54, 1.807) is 30.5 Å². The van der Waals surface area contributed by atoms with E-state index in [0.717, 1.165) is 16.4 Å². The number of urea groups is 1. The number of anilines is 2. The molecule has 0 fully saturated rings. The van der Waals surface area contributed by atoms with Crippen molar-refractivity contribution in [3.63, 3.8) is 0 Å². The molecular formula is C17H13ClN4O2. The quantitative estimate of drug-likeness (QED) is 0.565. The van der Waals surface area contributed by atoms with Crippen molar-refractivity contribution in [3.8, 4) is 0 Å². The van der Waals surface area contributed by atoms with Crippen LogP contribution in [0.4, 0.5) is 16.2 Å². The molecule has 2 amide bonds. The number of hydrogen-bond donors (Lipinski definition) is 2. The molecular weight excluding hydrogens is 328 g/mol. The van der Waals surface area contributed by atoms with Crippen LogP contribution in [0.2, 0.25) is 0 Å². The van der Waals surface area contributed by atoms with Crippen molar-refractivity contribution in [2.24, 2.45) is 0 Å². The molecule has 120 valence electrons. The molecule has 7 heteroatoms. The number of para-hydroxylation sites is 1. The molecule has 4 rings (SSSR count). The van der Waals surface area contributed by atoms with Gasteiger partial charge in [0.2, 0.25) is 0 Å². The minimum atomic E-state index is -0.333. The van der Waals surface area contributed by atoms with E-state index < -0.39 is 0 Å². The molecule has 0 aliphatic heterocycles. The fourth-order valence-corrected chi connectivity index (χ4v) is 2.42. The number of carbonyl (C=O) groups is 1. The van der Waals surface area contributed by atoms with Crippen LogP contribution in [-0.4, -0.2) is 16.0 Å². The molecule has 0 unspecified atom stereocenters. The van der Waals surface area contributed by atoms with Crippen molar-refractivity contribution in [2.45, 2.75) is 0 Å². The third-order valence-electron chi connectivity index (χ3n) is 3.49. The monoisotopic (exact) mass is 340 g/mol. The Kier molecular flexibility index (Phi) is 4.31. The largest absolute Gasteiger partial charge is 0.443 e. The number of benzene rings is 2. The van der Waals surface area contributed by atoms with Crippen LogP contribution in [0.15, 0.2) is 65.5 Å². The predicted octanol–water partition coefficient (Wildman–Crippen LogP) is 4.44. The van der Waals surface area contributed by atoms with E-state index in [1.807, 2.05) is 24.3 Å². The molecule has 2 aromatic heterocycles. The maximum absolute atomic E-state index is 12.2. The average Bonchev–Trinajstić information content (AvgIpc) is 3.03. The number of amides is 2. The Hall–Kier alpha value is -3.12. The second-order valence-electron chi connectivity index (χ2n) is 4.99. The summed E-state index contributed by atoms with van der Waals surface area (Å²) in [4.78, 5) is 20.5. The Morgan fingerprint density at radius 2 is 1.83 bits per heavy atom. The first kappa shape index (κ1) is 15.8. The second-order valence-corrected chi connectivity index (χ2v) is 4.99. The van der Waals surface area contributed by atoms with E-state index in [-0.39, 0.29) is 18.4 Å². The van der Waals surface area contributed by atoms with Crippen LogP contribution in [0.3, 0.4) is 0 Å². The first-order valence-corrected chi connectivity index (χ1v) is 7.04. The number of nitrogens with zero attached hydrogens (tertiary/aromatic N) is 2. The van der Waals surface area contributed by atoms with E-state index >= 15 is 0 Å². The second kappa shape index (κ2) is 6.55. The normalized spacial score (nSPS) is 10.3. The zero-order valence-electron chi connectivity index (χ0n) is 12.4. The summed E-state index contributed by atoms with van der Waals surface area (Å²) in [5, 5.41) is 6.50. The summed E-state index contributed by atoms with van der Waals surface area (Å²) in [7, 11) is 0. The molecule has 24 heavy (non-hydrogen) atoms. The molecule has 0 saturated carbocycles. The molecule has 0 aliphatic carbocycles. The molecule has 2 heterocycles. The van der Waals surface area contributed by atoms with Gasteiger partial charge in [-0.1, -0.05) is 18.2 Å². The summed E-state index contributed by atoms with van der Waals surface area (Å²) >= 11 is 0. The molecule has 0 aliphatic rings. The van der Waals surface area contributed by atoms with Crippen molar-refractivity contribution >= 4 is 51.8 Å². The number of carbonyl (C=O) groups excluding carboxylic acids is 1. The van der Waals surface area contributed by atoms with E-state index in [1.165, 1.54) is 6.39 Å². The van der Waals surface area contributed by atoms with Gasteiger partial charge in [-0.2, -0.15) is 0 Å². The van der Waals surface area contributed by atoms with Crippen LogP contribution in [-0.2, 0) is 0 Å². The number of hydrogen-bond acceptors (Lipinski definition) is 4. The van der Waals surface area contributed by atoms with Crippen molar-refractivity contribution in [1.82, 2.24) is 9.97 Å². The summed E-state index contributed by atoms with van der Waals surface area (Å²) < 4.78 is 5.22. The maximum Gasteiger partial charge on any atom is 0.323 e. The Balaban J connectivity index is 0.00000169. The number of rotatable bonds is 2. The van der Waals surface area contributed by atoms with Gasteiger partial charge in [0, 0.05) is 23.3 Å². The predicted molar refractivity (Wildman–Crippen MR) is 95.6 cm³/mol. The minimum Gasteiger partial charge on any atom is -0.443 e. The smallest absolute Gasteiger partial charge is 0.323 e. The lowest BCUT2D eigenvalue weighted by atomic mass is 10.2. The minimum absolute atomic E-state index is 0. The third kappa shape index (κ3) is 3.00. The first-order valence-electron chi connectivity index (χ1n) is 7.04. The van der Waals surface area contributed by atoms with Crippen LogP contribution in [0.5, 0.6) is 0 Å².